The fraction of sp³-hybridized carbons (Fsp3) is 0.227. The first kappa shape index (κ1) is 17.1. The number of hydrogen-bond donors (Lipinski definition) is 0. The maximum Gasteiger partial charge on any atom is 0.267 e. The molecular formula is C22H19N3O2S. The van der Waals surface area contributed by atoms with Gasteiger partial charge in [0.2, 0.25) is 5.82 Å². The second-order valence-corrected chi connectivity index (χ2v) is 7.84. The first-order valence-corrected chi connectivity index (χ1v) is 10.3. The minimum Gasteiger partial charge on any atom is -0.481 e. The maximum absolute atomic E-state index is 5.85. The molecule has 5 nitrogen and oxygen atoms in total. The molecule has 6 heteroatoms. The van der Waals surface area contributed by atoms with Crippen LogP contribution < -0.4 is 4.74 Å². The summed E-state index contributed by atoms with van der Waals surface area (Å²) in [6.45, 7) is 1.90. The van der Waals surface area contributed by atoms with Crippen LogP contribution in [0.5, 0.6) is 5.75 Å². The van der Waals surface area contributed by atoms with Gasteiger partial charge < -0.3 is 9.26 Å². The average molecular weight is 389 g/mol. The number of aromatic nitrogens is 3. The Morgan fingerprint density at radius 2 is 1.75 bits per heavy atom. The van der Waals surface area contributed by atoms with E-state index in [1.54, 1.807) is 11.3 Å². The van der Waals surface area contributed by atoms with Crippen LogP contribution in [0.4, 0.5) is 0 Å². The number of hydrogen-bond acceptors (Lipinski definition) is 6. The molecule has 140 valence electrons. The third-order valence-corrected chi connectivity index (χ3v) is 5.74. The Hall–Kier alpha value is -2.99. The van der Waals surface area contributed by atoms with Gasteiger partial charge >= 0.3 is 0 Å². The number of thiazole rings is 1. The average Bonchev–Trinajstić information content (AvgIpc) is 3.26. The molecule has 1 atom stereocenters. The normalized spacial score (nSPS) is 14.8. The molecule has 2 aromatic carbocycles. The molecule has 2 heterocycles. The van der Waals surface area contributed by atoms with E-state index in [1.807, 2.05) is 49.4 Å². The van der Waals surface area contributed by atoms with Gasteiger partial charge in [0.1, 0.15) is 5.75 Å². The third kappa shape index (κ3) is 3.55. The smallest absolute Gasteiger partial charge is 0.267 e. The zero-order chi connectivity index (χ0) is 18.9. The Labute approximate surface area is 167 Å². The summed E-state index contributed by atoms with van der Waals surface area (Å²) in [5, 5.41) is 7.50. The van der Waals surface area contributed by atoms with Gasteiger partial charge in [-0.3, -0.25) is 0 Å². The van der Waals surface area contributed by atoms with Crippen molar-refractivity contribution >= 4 is 11.3 Å². The molecule has 0 saturated heterocycles. The van der Waals surface area contributed by atoms with E-state index < -0.39 is 0 Å². The van der Waals surface area contributed by atoms with E-state index >= 15 is 0 Å². The first-order chi connectivity index (χ1) is 13.8. The predicted octanol–water partition coefficient (Wildman–Crippen LogP) is 5.88. The lowest BCUT2D eigenvalue weighted by Crippen LogP contribution is -2.03. The van der Waals surface area contributed by atoms with Crippen LogP contribution in [0.3, 0.4) is 0 Å². The van der Waals surface area contributed by atoms with Crippen LogP contribution in [0.2, 0.25) is 0 Å². The SMILES string of the molecule is CC(Oc1ccccc1)c1nc(-c2ccc(-c3csc(C4CC4)n3)cc2)no1. The van der Waals surface area contributed by atoms with Crippen LogP contribution in [-0.2, 0) is 0 Å². The molecule has 1 fully saturated rings. The van der Waals surface area contributed by atoms with Crippen molar-refractivity contribution < 1.29 is 9.26 Å². The summed E-state index contributed by atoms with van der Waals surface area (Å²) in [5.74, 6) is 2.47. The van der Waals surface area contributed by atoms with Crippen LogP contribution in [0.1, 0.15) is 42.7 Å². The molecule has 1 aliphatic rings. The van der Waals surface area contributed by atoms with Crippen molar-refractivity contribution in [1.29, 1.82) is 0 Å². The highest BCUT2D eigenvalue weighted by molar-refractivity contribution is 7.10. The highest BCUT2D eigenvalue weighted by Gasteiger charge is 2.26. The quantitative estimate of drug-likeness (QED) is 0.412. The standard InChI is InChI=1S/C22H19N3O2S/c1-14(26-18-5-3-2-4-6-18)21-24-20(25-27-21)16-9-7-15(8-10-16)19-13-28-22(23-19)17-11-12-17/h2-10,13-14,17H,11-12H2,1H3. The van der Waals surface area contributed by atoms with Crippen molar-refractivity contribution in [2.24, 2.45) is 0 Å². The van der Waals surface area contributed by atoms with E-state index in [4.69, 9.17) is 14.2 Å². The summed E-state index contributed by atoms with van der Waals surface area (Å²) < 4.78 is 11.3. The highest BCUT2D eigenvalue weighted by atomic mass is 32.1. The maximum atomic E-state index is 5.85. The molecular weight excluding hydrogens is 370 g/mol. The Bertz CT molecular complexity index is 1070. The van der Waals surface area contributed by atoms with Crippen LogP contribution >= 0.6 is 11.3 Å². The summed E-state index contributed by atoms with van der Waals surface area (Å²) in [7, 11) is 0. The fourth-order valence-electron chi connectivity index (χ4n) is 3.00. The van der Waals surface area contributed by atoms with Crippen molar-refractivity contribution in [2.75, 3.05) is 0 Å². The Morgan fingerprint density at radius 1 is 1.00 bits per heavy atom. The van der Waals surface area contributed by atoms with Crippen molar-refractivity contribution in [3.63, 3.8) is 0 Å². The molecule has 1 saturated carbocycles. The monoisotopic (exact) mass is 389 g/mol. The Morgan fingerprint density at radius 3 is 2.50 bits per heavy atom. The number of nitrogens with zero attached hydrogens (tertiary/aromatic N) is 3. The molecule has 28 heavy (non-hydrogen) atoms. The summed E-state index contributed by atoms with van der Waals surface area (Å²) in [6, 6.07) is 17.7. The van der Waals surface area contributed by atoms with E-state index in [1.165, 1.54) is 17.8 Å². The minimum atomic E-state index is -0.321. The summed E-state index contributed by atoms with van der Waals surface area (Å²) in [5.41, 5.74) is 3.05. The third-order valence-electron chi connectivity index (χ3n) is 4.73. The molecule has 0 amide bonds. The number of rotatable bonds is 6. The molecule has 0 spiro atoms. The fourth-order valence-corrected chi connectivity index (χ4v) is 4.00. The second-order valence-electron chi connectivity index (χ2n) is 6.95. The van der Waals surface area contributed by atoms with Gasteiger partial charge in [0, 0.05) is 22.4 Å². The van der Waals surface area contributed by atoms with Crippen molar-refractivity contribution in [3.05, 3.63) is 70.9 Å². The van der Waals surface area contributed by atoms with Gasteiger partial charge in [-0.05, 0) is 31.9 Å². The Kier molecular flexibility index (Phi) is 4.41. The molecule has 0 aliphatic heterocycles. The number of ether oxygens (including phenoxy) is 1. The second kappa shape index (κ2) is 7.20. The topological polar surface area (TPSA) is 61.0 Å². The first-order valence-electron chi connectivity index (χ1n) is 9.38. The van der Waals surface area contributed by atoms with Crippen LogP contribution in [0.15, 0.2) is 64.5 Å². The molecule has 5 rings (SSSR count). The number of benzene rings is 2. The van der Waals surface area contributed by atoms with Crippen LogP contribution in [-0.4, -0.2) is 15.1 Å². The summed E-state index contributed by atoms with van der Waals surface area (Å²) in [4.78, 5) is 9.26. The molecule has 2 aromatic heterocycles. The lowest BCUT2D eigenvalue weighted by Gasteiger charge is -2.09. The highest BCUT2D eigenvalue weighted by Crippen LogP contribution is 2.42. The van der Waals surface area contributed by atoms with Crippen molar-refractivity contribution in [3.8, 4) is 28.4 Å². The van der Waals surface area contributed by atoms with E-state index in [0.29, 0.717) is 17.6 Å². The molecule has 0 radical (unpaired) electrons. The summed E-state index contributed by atoms with van der Waals surface area (Å²) in [6.07, 6.45) is 2.23. The summed E-state index contributed by atoms with van der Waals surface area (Å²) >= 11 is 1.76. The number of para-hydroxylation sites is 1. The van der Waals surface area contributed by atoms with Gasteiger partial charge in [0.05, 0.1) is 10.7 Å². The predicted molar refractivity (Wildman–Crippen MR) is 108 cm³/mol. The van der Waals surface area contributed by atoms with Gasteiger partial charge in [-0.25, -0.2) is 4.98 Å². The van der Waals surface area contributed by atoms with E-state index in [-0.39, 0.29) is 6.10 Å². The van der Waals surface area contributed by atoms with Crippen molar-refractivity contribution in [2.45, 2.75) is 31.8 Å². The van der Waals surface area contributed by atoms with E-state index in [9.17, 15) is 0 Å². The molecule has 0 bridgehead atoms. The molecule has 1 unspecified atom stereocenters. The Balaban J connectivity index is 1.31. The zero-order valence-electron chi connectivity index (χ0n) is 15.4. The van der Waals surface area contributed by atoms with Gasteiger partial charge in [-0.15, -0.1) is 11.3 Å². The van der Waals surface area contributed by atoms with Gasteiger partial charge in [0.25, 0.3) is 5.89 Å². The van der Waals surface area contributed by atoms with Crippen LogP contribution in [0.25, 0.3) is 22.6 Å². The van der Waals surface area contributed by atoms with Gasteiger partial charge in [-0.2, -0.15) is 4.98 Å². The van der Waals surface area contributed by atoms with E-state index in [0.717, 1.165) is 22.6 Å². The molecule has 0 N–H and O–H groups in total. The molecule has 4 aromatic rings. The molecule has 1 aliphatic carbocycles. The lowest BCUT2D eigenvalue weighted by atomic mass is 10.1. The minimum absolute atomic E-state index is 0.321. The lowest BCUT2D eigenvalue weighted by molar-refractivity contribution is 0.176. The van der Waals surface area contributed by atoms with Crippen molar-refractivity contribution in [1.82, 2.24) is 15.1 Å². The van der Waals surface area contributed by atoms with Crippen LogP contribution in [0, 0.1) is 0 Å². The zero-order valence-corrected chi connectivity index (χ0v) is 16.2. The largest absolute Gasteiger partial charge is 0.481 e. The van der Waals surface area contributed by atoms with E-state index in [2.05, 4.69) is 27.7 Å². The van der Waals surface area contributed by atoms with Gasteiger partial charge in [-0.1, -0.05) is 47.6 Å². The van der Waals surface area contributed by atoms with Gasteiger partial charge in [0.15, 0.2) is 6.10 Å².